The van der Waals surface area contributed by atoms with Crippen LogP contribution < -0.4 is 4.74 Å². The van der Waals surface area contributed by atoms with Crippen LogP contribution in [0, 0.1) is 0 Å². The fraction of sp³-hybridized carbons (Fsp3) is 0.571. The molecule has 7 nitrogen and oxygen atoms in total. The number of benzene rings is 1. The monoisotopic (exact) mass is 420 g/mol. The van der Waals surface area contributed by atoms with Crippen LogP contribution in [0.15, 0.2) is 28.8 Å². The van der Waals surface area contributed by atoms with Crippen LogP contribution in [0.3, 0.4) is 0 Å². The van der Waals surface area contributed by atoms with E-state index in [2.05, 4.69) is 15.0 Å². The molecule has 1 saturated heterocycles. The number of para-hydroxylation sites is 1. The minimum Gasteiger partial charge on any atom is -0.491 e. The van der Waals surface area contributed by atoms with E-state index in [-0.39, 0.29) is 11.3 Å². The lowest BCUT2D eigenvalue weighted by atomic mass is 9.96. The zero-order valence-corrected chi connectivity index (χ0v) is 18.1. The van der Waals surface area contributed by atoms with Gasteiger partial charge in [-0.1, -0.05) is 49.7 Å². The third-order valence-corrected chi connectivity index (χ3v) is 5.23. The quantitative estimate of drug-likeness (QED) is 0.685. The van der Waals surface area contributed by atoms with Crippen LogP contribution in [0.1, 0.15) is 38.9 Å². The molecule has 1 aromatic heterocycles. The Morgan fingerprint density at radius 3 is 2.59 bits per heavy atom. The number of piperazine rings is 1. The number of halogens is 1. The summed E-state index contributed by atoms with van der Waals surface area (Å²) in [6.07, 6.45) is 0.870. The molecule has 2 aromatic rings. The molecule has 1 aromatic carbocycles. The van der Waals surface area contributed by atoms with Crippen molar-refractivity contribution in [3.63, 3.8) is 0 Å². The summed E-state index contributed by atoms with van der Waals surface area (Å²) in [7, 11) is 0. The van der Waals surface area contributed by atoms with Gasteiger partial charge in [0.25, 0.3) is 0 Å². The van der Waals surface area contributed by atoms with Crippen molar-refractivity contribution in [1.82, 2.24) is 19.9 Å². The molecule has 1 aliphatic rings. The molecule has 0 atom stereocenters. The van der Waals surface area contributed by atoms with Crippen LogP contribution in [-0.2, 0) is 16.6 Å². The lowest BCUT2D eigenvalue weighted by molar-refractivity contribution is -0.133. The second kappa shape index (κ2) is 9.59. The summed E-state index contributed by atoms with van der Waals surface area (Å²) in [6.45, 7) is 10.6. The van der Waals surface area contributed by atoms with Gasteiger partial charge in [-0.2, -0.15) is 4.98 Å². The van der Waals surface area contributed by atoms with E-state index in [1.165, 1.54) is 0 Å². The molecule has 8 heteroatoms. The molecule has 1 amide bonds. The maximum atomic E-state index is 12.5. The predicted octanol–water partition coefficient (Wildman–Crippen LogP) is 3.18. The SMILES string of the molecule is CC(C)(C)c1noc(CCC(=O)N2CCN(CCOc3ccccc3Cl)CC2)n1. The number of hydrogen-bond donors (Lipinski definition) is 0. The summed E-state index contributed by atoms with van der Waals surface area (Å²) < 4.78 is 11.0. The van der Waals surface area contributed by atoms with Crippen molar-refractivity contribution in [3.8, 4) is 5.75 Å². The second-order valence-electron chi connectivity index (χ2n) is 8.26. The van der Waals surface area contributed by atoms with Gasteiger partial charge in [0, 0.05) is 51.0 Å². The molecule has 0 N–H and O–H groups in total. The van der Waals surface area contributed by atoms with Crippen molar-refractivity contribution in [2.75, 3.05) is 39.3 Å². The first-order valence-electron chi connectivity index (χ1n) is 10.0. The average molecular weight is 421 g/mol. The van der Waals surface area contributed by atoms with E-state index in [1.807, 2.05) is 49.9 Å². The van der Waals surface area contributed by atoms with Gasteiger partial charge in [-0.25, -0.2) is 0 Å². The van der Waals surface area contributed by atoms with Gasteiger partial charge in [0.1, 0.15) is 12.4 Å². The normalized spacial score (nSPS) is 15.5. The Morgan fingerprint density at radius 2 is 1.93 bits per heavy atom. The van der Waals surface area contributed by atoms with Crippen LogP contribution in [0.4, 0.5) is 0 Å². The third kappa shape index (κ3) is 6.18. The number of carbonyl (C=O) groups is 1. The molecule has 29 heavy (non-hydrogen) atoms. The second-order valence-corrected chi connectivity index (χ2v) is 8.67. The standard InChI is InChI=1S/C21H29ClN4O3/c1-21(2,3)20-23-18(29-24-20)8-9-19(27)26-12-10-25(11-13-26)14-15-28-17-7-5-4-6-16(17)22/h4-7H,8-15H2,1-3H3. The molecule has 0 aliphatic carbocycles. The smallest absolute Gasteiger partial charge is 0.227 e. The van der Waals surface area contributed by atoms with Gasteiger partial charge in [0.05, 0.1) is 5.02 Å². The number of amides is 1. The maximum Gasteiger partial charge on any atom is 0.227 e. The van der Waals surface area contributed by atoms with Gasteiger partial charge in [0.2, 0.25) is 11.8 Å². The first-order valence-corrected chi connectivity index (χ1v) is 10.4. The molecule has 0 saturated carbocycles. The van der Waals surface area contributed by atoms with Crippen molar-refractivity contribution < 1.29 is 14.1 Å². The van der Waals surface area contributed by atoms with Gasteiger partial charge in [-0.15, -0.1) is 0 Å². The van der Waals surface area contributed by atoms with Crippen molar-refractivity contribution >= 4 is 17.5 Å². The topological polar surface area (TPSA) is 71.7 Å². The number of nitrogens with zero attached hydrogens (tertiary/aromatic N) is 4. The molecule has 1 aliphatic heterocycles. The molecule has 0 bridgehead atoms. The molecule has 1 fully saturated rings. The largest absolute Gasteiger partial charge is 0.491 e. The Hall–Kier alpha value is -2.12. The highest BCUT2D eigenvalue weighted by molar-refractivity contribution is 6.32. The molecule has 2 heterocycles. The van der Waals surface area contributed by atoms with E-state index in [9.17, 15) is 4.79 Å². The number of ether oxygens (including phenoxy) is 1. The Labute approximate surface area is 177 Å². The minimum absolute atomic E-state index is 0.132. The number of aryl methyl sites for hydroxylation is 1. The van der Waals surface area contributed by atoms with Crippen LogP contribution >= 0.6 is 11.6 Å². The van der Waals surface area contributed by atoms with Gasteiger partial charge >= 0.3 is 0 Å². The Kier molecular flexibility index (Phi) is 7.14. The highest BCUT2D eigenvalue weighted by atomic mass is 35.5. The Balaban J connectivity index is 1.36. The summed E-state index contributed by atoms with van der Waals surface area (Å²) in [6, 6.07) is 7.48. The van der Waals surface area contributed by atoms with Crippen molar-refractivity contribution in [1.29, 1.82) is 0 Å². The van der Waals surface area contributed by atoms with Crippen LogP contribution in [-0.4, -0.2) is 65.2 Å². The third-order valence-electron chi connectivity index (χ3n) is 4.92. The lowest BCUT2D eigenvalue weighted by Crippen LogP contribution is -2.49. The van der Waals surface area contributed by atoms with E-state index < -0.39 is 0 Å². The van der Waals surface area contributed by atoms with E-state index >= 15 is 0 Å². The van der Waals surface area contributed by atoms with Gasteiger partial charge in [0.15, 0.2) is 5.82 Å². The molecule has 158 valence electrons. The van der Waals surface area contributed by atoms with E-state index in [1.54, 1.807) is 0 Å². The fourth-order valence-corrected chi connectivity index (χ4v) is 3.29. The molecular weight excluding hydrogens is 392 g/mol. The van der Waals surface area contributed by atoms with Crippen LogP contribution in [0.5, 0.6) is 5.75 Å². The van der Waals surface area contributed by atoms with E-state index in [0.717, 1.165) is 32.7 Å². The van der Waals surface area contributed by atoms with E-state index in [0.29, 0.717) is 41.9 Å². The molecule has 0 unspecified atom stereocenters. The fourth-order valence-electron chi connectivity index (χ4n) is 3.10. The zero-order valence-electron chi connectivity index (χ0n) is 17.4. The summed E-state index contributed by atoms with van der Waals surface area (Å²) in [5.41, 5.74) is -0.155. The van der Waals surface area contributed by atoms with Crippen molar-refractivity contribution in [2.45, 2.75) is 39.0 Å². The minimum atomic E-state index is -0.155. The Morgan fingerprint density at radius 1 is 1.21 bits per heavy atom. The highest BCUT2D eigenvalue weighted by Crippen LogP contribution is 2.23. The number of carbonyl (C=O) groups excluding carboxylic acids is 1. The summed E-state index contributed by atoms with van der Waals surface area (Å²) in [5.74, 6) is 2.04. The van der Waals surface area contributed by atoms with Gasteiger partial charge in [-0.3, -0.25) is 9.69 Å². The average Bonchev–Trinajstić information content (AvgIpc) is 3.18. The molecule has 0 radical (unpaired) electrons. The summed E-state index contributed by atoms with van der Waals surface area (Å²) >= 11 is 6.10. The number of aromatic nitrogens is 2. The van der Waals surface area contributed by atoms with Gasteiger partial charge < -0.3 is 14.2 Å². The first-order chi connectivity index (χ1) is 13.8. The number of rotatable bonds is 7. The molecule has 0 spiro atoms. The van der Waals surface area contributed by atoms with Crippen LogP contribution in [0.2, 0.25) is 5.02 Å². The lowest BCUT2D eigenvalue weighted by Gasteiger charge is -2.34. The first kappa shape index (κ1) is 21.6. The van der Waals surface area contributed by atoms with Crippen LogP contribution in [0.25, 0.3) is 0 Å². The van der Waals surface area contributed by atoms with Crippen molar-refractivity contribution in [3.05, 3.63) is 41.0 Å². The maximum absolute atomic E-state index is 12.5. The summed E-state index contributed by atoms with van der Waals surface area (Å²) in [5, 5.41) is 4.63. The van der Waals surface area contributed by atoms with Crippen molar-refractivity contribution in [2.24, 2.45) is 0 Å². The van der Waals surface area contributed by atoms with E-state index in [4.69, 9.17) is 20.9 Å². The Bertz CT molecular complexity index is 810. The highest BCUT2D eigenvalue weighted by Gasteiger charge is 2.23. The molecular formula is C21H29ClN4O3. The number of hydrogen-bond acceptors (Lipinski definition) is 6. The van der Waals surface area contributed by atoms with Gasteiger partial charge in [-0.05, 0) is 12.1 Å². The summed E-state index contributed by atoms with van der Waals surface area (Å²) in [4.78, 5) is 21.1. The molecule has 3 rings (SSSR count). The zero-order chi connectivity index (χ0) is 20.9. The predicted molar refractivity (Wildman–Crippen MR) is 111 cm³/mol.